The van der Waals surface area contributed by atoms with Crippen LogP contribution in [0.15, 0.2) is 17.3 Å². The van der Waals surface area contributed by atoms with Crippen LogP contribution >= 0.6 is 0 Å². The highest BCUT2D eigenvalue weighted by molar-refractivity contribution is 7.89. The van der Waals surface area contributed by atoms with E-state index in [1.807, 2.05) is 0 Å². The summed E-state index contributed by atoms with van der Waals surface area (Å²) in [5, 5.41) is 11.7. The molecule has 0 fully saturated rings. The van der Waals surface area contributed by atoms with E-state index in [4.69, 9.17) is 5.11 Å². The summed E-state index contributed by atoms with van der Waals surface area (Å²) >= 11 is 0. The molecular weight excluding hydrogens is 244 g/mol. The predicted octanol–water partition coefficient (Wildman–Crippen LogP) is -0.674. The molecule has 6 nitrogen and oxygen atoms in total. The van der Waals surface area contributed by atoms with Crippen LogP contribution in [-0.2, 0) is 17.1 Å². The number of alkyl halides is 2. The van der Waals surface area contributed by atoms with Crippen molar-refractivity contribution in [3.63, 3.8) is 0 Å². The number of aryl methyl sites for hydroxylation is 1. The Morgan fingerprint density at radius 3 is 2.69 bits per heavy atom. The van der Waals surface area contributed by atoms with Crippen LogP contribution in [0.1, 0.15) is 0 Å². The van der Waals surface area contributed by atoms with Gasteiger partial charge in [0.05, 0.1) is 12.7 Å². The molecule has 0 radical (unpaired) electrons. The molecular formula is C7H11F2N3O3S. The first-order valence-corrected chi connectivity index (χ1v) is 5.73. The van der Waals surface area contributed by atoms with Gasteiger partial charge in [0.25, 0.3) is 15.9 Å². The molecule has 1 heterocycles. The number of hydrogen-bond donors (Lipinski definition) is 2. The van der Waals surface area contributed by atoms with E-state index in [9.17, 15) is 17.2 Å². The molecule has 1 rings (SSSR count). The lowest BCUT2D eigenvalue weighted by Gasteiger charge is -2.14. The van der Waals surface area contributed by atoms with E-state index in [1.54, 1.807) is 4.72 Å². The zero-order valence-electron chi connectivity index (χ0n) is 8.39. The second-order valence-electron chi connectivity index (χ2n) is 3.13. The van der Waals surface area contributed by atoms with Gasteiger partial charge in [0.15, 0.2) is 5.03 Å². The van der Waals surface area contributed by atoms with E-state index in [-0.39, 0.29) is 5.03 Å². The van der Waals surface area contributed by atoms with E-state index < -0.39 is 29.1 Å². The van der Waals surface area contributed by atoms with Crippen molar-refractivity contribution in [2.75, 3.05) is 13.2 Å². The molecule has 0 aliphatic rings. The summed E-state index contributed by atoms with van der Waals surface area (Å²) in [5.41, 5.74) is 0. The molecule has 0 unspecified atom stereocenters. The molecule has 0 aliphatic carbocycles. The van der Waals surface area contributed by atoms with Crippen molar-refractivity contribution in [1.29, 1.82) is 0 Å². The summed E-state index contributed by atoms with van der Waals surface area (Å²) in [6, 6.07) is 1.18. The molecule has 1 aromatic rings. The third-order valence-electron chi connectivity index (χ3n) is 1.80. The molecule has 0 saturated heterocycles. The zero-order valence-corrected chi connectivity index (χ0v) is 9.21. The summed E-state index contributed by atoms with van der Waals surface area (Å²) in [5.74, 6) is -3.48. The Labute approximate surface area is 90.9 Å². The fourth-order valence-corrected chi connectivity index (χ4v) is 2.14. The molecule has 92 valence electrons. The highest BCUT2D eigenvalue weighted by Crippen LogP contribution is 2.12. The maximum Gasteiger partial charge on any atom is 0.283 e. The normalized spacial score (nSPS) is 13.0. The smallest absolute Gasteiger partial charge is 0.283 e. The zero-order chi connectivity index (χ0) is 12.4. The fourth-order valence-electron chi connectivity index (χ4n) is 0.956. The van der Waals surface area contributed by atoms with Crippen LogP contribution in [0.5, 0.6) is 0 Å². The summed E-state index contributed by atoms with van der Waals surface area (Å²) in [6.45, 7) is -2.57. The summed E-state index contributed by atoms with van der Waals surface area (Å²) in [7, 11) is -2.66. The Hall–Kier alpha value is -1.06. The van der Waals surface area contributed by atoms with Crippen LogP contribution in [0.3, 0.4) is 0 Å². The van der Waals surface area contributed by atoms with Gasteiger partial charge in [-0.1, -0.05) is 0 Å². The molecule has 0 aromatic carbocycles. The number of aliphatic hydroxyl groups excluding tert-OH is 1. The lowest BCUT2D eigenvalue weighted by Crippen LogP contribution is -2.39. The number of rotatable bonds is 5. The Balaban J connectivity index is 2.79. The molecule has 0 bridgehead atoms. The third-order valence-corrected chi connectivity index (χ3v) is 3.28. The summed E-state index contributed by atoms with van der Waals surface area (Å²) in [4.78, 5) is 0. The third kappa shape index (κ3) is 2.97. The van der Waals surface area contributed by atoms with Crippen LogP contribution < -0.4 is 4.72 Å². The molecule has 0 spiro atoms. The van der Waals surface area contributed by atoms with E-state index in [1.165, 1.54) is 19.3 Å². The number of sulfonamides is 1. The van der Waals surface area contributed by atoms with Crippen molar-refractivity contribution in [3.05, 3.63) is 12.3 Å². The molecule has 9 heteroatoms. The number of hydrogen-bond acceptors (Lipinski definition) is 4. The van der Waals surface area contributed by atoms with Crippen molar-refractivity contribution in [1.82, 2.24) is 14.5 Å². The Bertz CT molecular complexity index is 457. The molecule has 0 atom stereocenters. The Morgan fingerprint density at radius 1 is 1.62 bits per heavy atom. The first-order valence-electron chi connectivity index (χ1n) is 4.25. The van der Waals surface area contributed by atoms with Gasteiger partial charge in [-0.2, -0.15) is 5.10 Å². The van der Waals surface area contributed by atoms with Crippen molar-refractivity contribution in [2.24, 2.45) is 7.05 Å². The topological polar surface area (TPSA) is 84.2 Å². The molecule has 0 amide bonds. The standard InChI is InChI=1S/C7H11F2N3O3S/c1-12-6(2-3-10-12)16(14,15)11-4-7(8,9)5-13/h2-3,11,13H,4-5H2,1H3. The number of aromatic nitrogens is 2. The van der Waals surface area contributed by atoms with E-state index >= 15 is 0 Å². The number of nitrogens with zero attached hydrogens (tertiary/aromatic N) is 2. The van der Waals surface area contributed by atoms with Crippen molar-refractivity contribution in [3.8, 4) is 0 Å². The molecule has 0 saturated carbocycles. The van der Waals surface area contributed by atoms with Crippen LogP contribution in [0.2, 0.25) is 0 Å². The fraction of sp³-hybridized carbons (Fsp3) is 0.571. The number of aliphatic hydroxyl groups is 1. The monoisotopic (exact) mass is 255 g/mol. The van der Waals surface area contributed by atoms with Gasteiger partial charge in [-0.3, -0.25) is 4.68 Å². The summed E-state index contributed by atoms with van der Waals surface area (Å²) < 4.78 is 51.0. The highest BCUT2D eigenvalue weighted by atomic mass is 32.2. The lowest BCUT2D eigenvalue weighted by molar-refractivity contribution is -0.0437. The molecule has 2 N–H and O–H groups in total. The number of halogens is 2. The van der Waals surface area contributed by atoms with Gasteiger partial charge in [0.2, 0.25) is 0 Å². The lowest BCUT2D eigenvalue weighted by atomic mass is 10.4. The van der Waals surface area contributed by atoms with Crippen molar-refractivity contribution in [2.45, 2.75) is 10.9 Å². The Morgan fingerprint density at radius 2 is 2.25 bits per heavy atom. The Kier molecular flexibility index (Phi) is 3.61. The van der Waals surface area contributed by atoms with Crippen LogP contribution in [-0.4, -0.2) is 42.4 Å². The minimum absolute atomic E-state index is 0.221. The predicted molar refractivity (Wildman–Crippen MR) is 50.4 cm³/mol. The first kappa shape index (κ1) is 13.0. The molecule has 0 aliphatic heterocycles. The van der Waals surface area contributed by atoms with Crippen LogP contribution in [0, 0.1) is 0 Å². The first-order chi connectivity index (χ1) is 7.28. The second kappa shape index (κ2) is 4.44. The van der Waals surface area contributed by atoms with Crippen LogP contribution in [0.25, 0.3) is 0 Å². The van der Waals surface area contributed by atoms with E-state index in [2.05, 4.69) is 5.10 Å². The van der Waals surface area contributed by atoms with E-state index in [0.717, 1.165) is 4.68 Å². The molecule has 16 heavy (non-hydrogen) atoms. The van der Waals surface area contributed by atoms with Gasteiger partial charge in [0, 0.05) is 7.05 Å². The van der Waals surface area contributed by atoms with Gasteiger partial charge in [-0.05, 0) is 6.07 Å². The van der Waals surface area contributed by atoms with Gasteiger partial charge in [-0.15, -0.1) is 0 Å². The molecule has 1 aromatic heterocycles. The van der Waals surface area contributed by atoms with E-state index in [0.29, 0.717) is 0 Å². The van der Waals surface area contributed by atoms with Crippen molar-refractivity contribution >= 4 is 10.0 Å². The SMILES string of the molecule is Cn1nccc1S(=O)(=O)NCC(F)(F)CO. The van der Waals surface area contributed by atoms with Crippen molar-refractivity contribution < 1.29 is 22.3 Å². The van der Waals surface area contributed by atoms with Gasteiger partial charge in [0.1, 0.15) is 6.61 Å². The maximum atomic E-state index is 12.6. The van der Waals surface area contributed by atoms with Gasteiger partial charge in [-0.25, -0.2) is 21.9 Å². The average molecular weight is 255 g/mol. The van der Waals surface area contributed by atoms with Crippen LogP contribution in [0.4, 0.5) is 8.78 Å². The largest absolute Gasteiger partial charge is 0.390 e. The average Bonchev–Trinajstić information content (AvgIpc) is 2.63. The minimum Gasteiger partial charge on any atom is -0.390 e. The number of nitrogens with one attached hydrogen (secondary N) is 1. The highest BCUT2D eigenvalue weighted by Gasteiger charge is 2.30. The van der Waals surface area contributed by atoms with Gasteiger partial charge >= 0.3 is 0 Å². The quantitative estimate of drug-likeness (QED) is 0.730. The summed E-state index contributed by atoms with van der Waals surface area (Å²) in [6.07, 6.45) is 1.23. The maximum absolute atomic E-state index is 12.6. The minimum atomic E-state index is -4.03. The second-order valence-corrected chi connectivity index (χ2v) is 4.85. The van der Waals surface area contributed by atoms with Gasteiger partial charge < -0.3 is 5.11 Å².